The first kappa shape index (κ1) is 21.9. The molecule has 30 heavy (non-hydrogen) atoms. The first-order valence-electron chi connectivity index (χ1n) is 11.5. The summed E-state index contributed by atoms with van der Waals surface area (Å²) in [6, 6.07) is 0.685. The van der Waals surface area contributed by atoms with Crippen LogP contribution in [0.5, 0.6) is 0 Å². The monoisotopic (exact) mass is 423 g/mol. The van der Waals surface area contributed by atoms with Gasteiger partial charge in [-0.15, -0.1) is 0 Å². The minimum atomic E-state index is -4.12. The van der Waals surface area contributed by atoms with Gasteiger partial charge in [0.2, 0.25) is 0 Å². The third kappa shape index (κ3) is 4.19. The number of alkyl halides is 4. The molecule has 0 radical (unpaired) electrons. The highest BCUT2D eigenvalue weighted by molar-refractivity contribution is 5.39. The van der Waals surface area contributed by atoms with E-state index >= 15 is 0 Å². The minimum Gasteiger partial charge on any atom is -0.317 e. The van der Waals surface area contributed by atoms with Crippen molar-refractivity contribution in [2.45, 2.75) is 75.7 Å². The molecule has 0 saturated heterocycles. The molecule has 0 aromatic heterocycles. The summed E-state index contributed by atoms with van der Waals surface area (Å²) >= 11 is 0. The average molecular weight is 424 g/mol. The molecule has 2 saturated carbocycles. The van der Waals surface area contributed by atoms with E-state index in [1.54, 1.807) is 6.08 Å². The Morgan fingerprint density at radius 2 is 1.53 bits per heavy atom. The maximum Gasteiger partial charge on any atom is 0.336 e. The van der Waals surface area contributed by atoms with Crippen molar-refractivity contribution in [3.63, 3.8) is 0 Å². The molecular weight excluding hydrogens is 390 g/mol. The molecule has 0 aromatic carbocycles. The van der Waals surface area contributed by atoms with Gasteiger partial charge in [0.1, 0.15) is 0 Å². The fourth-order valence-corrected chi connectivity index (χ4v) is 6.00. The summed E-state index contributed by atoms with van der Waals surface area (Å²) in [6.07, 6.45) is 18.6. The van der Waals surface area contributed by atoms with Gasteiger partial charge in [-0.05, 0) is 94.2 Å². The first-order valence-corrected chi connectivity index (χ1v) is 11.5. The van der Waals surface area contributed by atoms with Gasteiger partial charge >= 0.3 is 11.8 Å². The second-order valence-electron chi connectivity index (χ2n) is 9.60. The van der Waals surface area contributed by atoms with Crippen molar-refractivity contribution < 1.29 is 17.6 Å². The van der Waals surface area contributed by atoms with Gasteiger partial charge in [-0.1, -0.05) is 30.4 Å². The second kappa shape index (κ2) is 8.64. The Balaban J connectivity index is 1.31. The highest BCUT2D eigenvalue weighted by atomic mass is 19.3. The minimum absolute atomic E-state index is 0.300. The zero-order valence-corrected chi connectivity index (χ0v) is 17.7. The summed E-state index contributed by atoms with van der Waals surface area (Å²) in [5.74, 6) is -6.73. The fourth-order valence-electron chi connectivity index (χ4n) is 6.00. The van der Waals surface area contributed by atoms with Crippen LogP contribution >= 0.6 is 0 Å². The van der Waals surface area contributed by atoms with E-state index in [-0.39, 0.29) is 0 Å². The molecule has 1 nitrogen and oxygen atoms in total. The van der Waals surface area contributed by atoms with Gasteiger partial charge in [0.15, 0.2) is 0 Å². The van der Waals surface area contributed by atoms with Crippen molar-refractivity contribution in [1.82, 2.24) is 5.32 Å². The molecule has 1 N–H and O–H groups in total. The Morgan fingerprint density at radius 3 is 2.10 bits per heavy atom. The summed E-state index contributed by atoms with van der Waals surface area (Å²) in [5.41, 5.74) is 0.744. The number of rotatable bonds is 4. The van der Waals surface area contributed by atoms with Gasteiger partial charge in [-0.25, -0.2) is 0 Å². The molecule has 4 aliphatic rings. The molecule has 0 heterocycles. The molecule has 2 fully saturated rings. The van der Waals surface area contributed by atoms with Crippen molar-refractivity contribution in [2.24, 2.45) is 23.7 Å². The Labute approximate surface area is 177 Å². The largest absolute Gasteiger partial charge is 0.336 e. The van der Waals surface area contributed by atoms with E-state index in [1.165, 1.54) is 50.2 Å². The van der Waals surface area contributed by atoms with Gasteiger partial charge in [-0.2, -0.15) is 17.6 Å². The van der Waals surface area contributed by atoms with Gasteiger partial charge in [0, 0.05) is 17.5 Å². The smallest absolute Gasteiger partial charge is 0.317 e. The van der Waals surface area contributed by atoms with Crippen molar-refractivity contribution in [1.29, 1.82) is 0 Å². The molecule has 0 aliphatic heterocycles. The highest BCUT2D eigenvalue weighted by Crippen LogP contribution is 2.48. The van der Waals surface area contributed by atoms with Crippen molar-refractivity contribution in [3.05, 3.63) is 47.6 Å². The topological polar surface area (TPSA) is 12.0 Å². The van der Waals surface area contributed by atoms with Gasteiger partial charge in [0.05, 0.1) is 0 Å². The quantitative estimate of drug-likeness (QED) is 0.488. The fraction of sp³-hybridized carbons (Fsp3) is 0.680. The molecular formula is C25H33F4N. The molecule has 0 aromatic rings. The van der Waals surface area contributed by atoms with Crippen LogP contribution in [0.25, 0.3) is 0 Å². The number of halogens is 4. The SMILES string of the molecule is CNC1CCC(C2CCC(C3=CCC(C4=CC=CC(F)(F)C4(F)F)C=C3)CC2)CC1. The zero-order chi connectivity index (χ0) is 21.4. The Bertz CT molecular complexity index is 732. The van der Waals surface area contributed by atoms with E-state index in [2.05, 4.69) is 12.4 Å². The molecule has 1 unspecified atom stereocenters. The Hall–Kier alpha value is -1.36. The van der Waals surface area contributed by atoms with Crippen LogP contribution in [0.15, 0.2) is 47.6 Å². The van der Waals surface area contributed by atoms with E-state index in [0.29, 0.717) is 24.5 Å². The summed E-state index contributed by atoms with van der Waals surface area (Å²) < 4.78 is 55.8. The van der Waals surface area contributed by atoms with E-state index in [0.717, 1.165) is 30.8 Å². The van der Waals surface area contributed by atoms with Crippen LogP contribution in [0.3, 0.4) is 0 Å². The lowest BCUT2D eigenvalue weighted by Gasteiger charge is -2.38. The summed E-state index contributed by atoms with van der Waals surface area (Å²) in [5, 5.41) is 3.40. The lowest BCUT2D eigenvalue weighted by Crippen LogP contribution is -2.43. The third-order valence-electron chi connectivity index (χ3n) is 7.98. The molecule has 0 spiro atoms. The molecule has 5 heteroatoms. The standard InChI is InChI=1S/C25H33F4N/c1-30-22-14-12-20(13-15-22)18-6-4-17(5-7-18)19-8-10-21(11-9-19)23-3-2-16-24(26,27)25(23,28)29/h2-3,8-10,16-18,20-22,30H,4-7,11-15H2,1H3. The maximum atomic E-state index is 14.2. The summed E-state index contributed by atoms with van der Waals surface area (Å²) in [7, 11) is 2.06. The van der Waals surface area contributed by atoms with Crippen molar-refractivity contribution >= 4 is 0 Å². The van der Waals surface area contributed by atoms with E-state index < -0.39 is 23.3 Å². The molecule has 4 rings (SSSR count). The van der Waals surface area contributed by atoms with Crippen molar-refractivity contribution in [3.8, 4) is 0 Å². The van der Waals surface area contributed by atoms with Crippen LogP contribution < -0.4 is 5.32 Å². The summed E-state index contributed by atoms with van der Waals surface area (Å²) in [6.45, 7) is 0. The molecule has 166 valence electrons. The number of hydrogen-bond acceptors (Lipinski definition) is 1. The number of hydrogen-bond donors (Lipinski definition) is 1. The van der Waals surface area contributed by atoms with Crippen LogP contribution in [-0.2, 0) is 0 Å². The predicted molar refractivity (Wildman–Crippen MR) is 113 cm³/mol. The number of allylic oxidation sites excluding steroid dienone is 8. The third-order valence-corrected chi connectivity index (χ3v) is 7.98. The van der Waals surface area contributed by atoms with E-state index in [4.69, 9.17) is 0 Å². The van der Waals surface area contributed by atoms with E-state index in [9.17, 15) is 17.6 Å². The van der Waals surface area contributed by atoms with Crippen LogP contribution in [0.1, 0.15) is 57.8 Å². The van der Waals surface area contributed by atoms with E-state index in [1.807, 2.05) is 12.2 Å². The molecule has 0 amide bonds. The van der Waals surface area contributed by atoms with Crippen LogP contribution in [0, 0.1) is 23.7 Å². The second-order valence-corrected chi connectivity index (χ2v) is 9.60. The zero-order valence-electron chi connectivity index (χ0n) is 17.7. The highest BCUT2D eigenvalue weighted by Gasteiger charge is 2.59. The number of nitrogens with one attached hydrogen (secondary N) is 1. The average Bonchev–Trinajstić information content (AvgIpc) is 2.76. The Morgan fingerprint density at radius 1 is 0.900 bits per heavy atom. The van der Waals surface area contributed by atoms with Gasteiger partial charge in [0.25, 0.3) is 0 Å². The molecule has 1 atom stereocenters. The van der Waals surface area contributed by atoms with Crippen molar-refractivity contribution in [2.75, 3.05) is 7.05 Å². The normalized spacial score (nSPS) is 38.1. The maximum absolute atomic E-state index is 14.2. The van der Waals surface area contributed by atoms with Gasteiger partial charge < -0.3 is 5.32 Å². The lowest BCUT2D eigenvalue weighted by atomic mass is 9.68. The van der Waals surface area contributed by atoms with Crippen LogP contribution in [-0.4, -0.2) is 24.9 Å². The van der Waals surface area contributed by atoms with Crippen LogP contribution in [0.2, 0.25) is 0 Å². The van der Waals surface area contributed by atoms with Gasteiger partial charge in [-0.3, -0.25) is 0 Å². The predicted octanol–water partition coefficient (Wildman–Crippen LogP) is 6.84. The molecule has 4 aliphatic carbocycles. The summed E-state index contributed by atoms with van der Waals surface area (Å²) in [4.78, 5) is 0. The lowest BCUT2D eigenvalue weighted by molar-refractivity contribution is -0.159. The Kier molecular flexibility index (Phi) is 6.30. The van der Waals surface area contributed by atoms with Crippen LogP contribution in [0.4, 0.5) is 17.6 Å². The first-order chi connectivity index (χ1) is 14.3. The molecule has 0 bridgehead atoms.